The summed E-state index contributed by atoms with van der Waals surface area (Å²) in [7, 11) is 0. The monoisotopic (exact) mass is 234 g/mol. The number of carbonyl (C=O) groups excluding carboxylic acids is 1. The maximum atomic E-state index is 11.5. The van der Waals surface area contributed by atoms with Crippen molar-refractivity contribution in [3.63, 3.8) is 0 Å². The molecular formula is C15H22O2. The zero-order valence-electron chi connectivity index (χ0n) is 11.0. The zero-order chi connectivity index (χ0) is 12.7. The van der Waals surface area contributed by atoms with E-state index >= 15 is 0 Å². The van der Waals surface area contributed by atoms with Gasteiger partial charge in [-0.1, -0.05) is 51.1 Å². The highest BCUT2D eigenvalue weighted by molar-refractivity contribution is 5.69. The predicted octanol–water partition coefficient (Wildman–Crippen LogP) is 3.60. The van der Waals surface area contributed by atoms with E-state index in [0.717, 1.165) is 12.8 Å². The molecule has 0 aliphatic heterocycles. The molecule has 1 aromatic carbocycles. The van der Waals surface area contributed by atoms with Gasteiger partial charge in [0.25, 0.3) is 0 Å². The molecule has 0 bridgehead atoms. The lowest BCUT2D eigenvalue weighted by Crippen LogP contribution is -2.25. The highest BCUT2D eigenvalue weighted by Gasteiger charge is 2.18. The van der Waals surface area contributed by atoms with E-state index in [1.54, 1.807) is 0 Å². The van der Waals surface area contributed by atoms with Crippen molar-refractivity contribution >= 4 is 5.97 Å². The average molecular weight is 234 g/mol. The molecule has 0 aromatic heterocycles. The van der Waals surface area contributed by atoms with Gasteiger partial charge in [-0.25, -0.2) is 0 Å². The molecule has 1 unspecified atom stereocenters. The van der Waals surface area contributed by atoms with Crippen LogP contribution in [0.15, 0.2) is 30.3 Å². The van der Waals surface area contributed by atoms with E-state index in [0.29, 0.717) is 12.3 Å². The first-order chi connectivity index (χ1) is 8.13. The Bertz CT molecular complexity index is 330. The highest BCUT2D eigenvalue weighted by atomic mass is 16.5. The summed E-state index contributed by atoms with van der Waals surface area (Å²) in [5.41, 5.74) is 1.22. The van der Waals surface area contributed by atoms with E-state index in [1.807, 2.05) is 25.1 Å². The SMILES string of the molecule is CCCC(=O)OC(Cc1ccccc1)C(C)C. The molecule has 0 saturated heterocycles. The van der Waals surface area contributed by atoms with Crippen LogP contribution in [0.3, 0.4) is 0 Å². The number of benzene rings is 1. The number of esters is 1. The van der Waals surface area contributed by atoms with Crippen LogP contribution >= 0.6 is 0 Å². The molecule has 0 heterocycles. The van der Waals surface area contributed by atoms with Gasteiger partial charge in [0, 0.05) is 12.8 Å². The Morgan fingerprint density at radius 2 is 1.88 bits per heavy atom. The smallest absolute Gasteiger partial charge is 0.306 e. The standard InChI is InChI=1S/C15H22O2/c1-4-8-15(16)17-14(12(2)3)11-13-9-6-5-7-10-13/h5-7,9-10,12,14H,4,8,11H2,1-3H3. The van der Waals surface area contributed by atoms with Gasteiger partial charge < -0.3 is 4.74 Å². The third-order valence-corrected chi connectivity index (χ3v) is 2.76. The molecule has 1 atom stereocenters. The van der Waals surface area contributed by atoms with E-state index in [2.05, 4.69) is 26.0 Å². The van der Waals surface area contributed by atoms with Crippen molar-refractivity contribution in [3.05, 3.63) is 35.9 Å². The molecule has 0 amide bonds. The second-order valence-electron chi connectivity index (χ2n) is 4.71. The molecule has 17 heavy (non-hydrogen) atoms. The van der Waals surface area contributed by atoms with Crippen LogP contribution in [0, 0.1) is 5.92 Å². The first kappa shape index (κ1) is 13.8. The first-order valence-corrected chi connectivity index (χ1v) is 6.37. The number of rotatable bonds is 6. The van der Waals surface area contributed by atoms with E-state index in [1.165, 1.54) is 5.56 Å². The lowest BCUT2D eigenvalue weighted by molar-refractivity contribution is -0.151. The Balaban J connectivity index is 2.58. The molecule has 0 aliphatic rings. The number of hydrogen-bond acceptors (Lipinski definition) is 2. The van der Waals surface area contributed by atoms with Gasteiger partial charge in [0.15, 0.2) is 0 Å². The Morgan fingerprint density at radius 1 is 1.24 bits per heavy atom. The summed E-state index contributed by atoms with van der Waals surface area (Å²) in [6.45, 7) is 6.17. The van der Waals surface area contributed by atoms with Gasteiger partial charge in [0.1, 0.15) is 6.10 Å². The van der Waals surface area contributed by atoms with Gasteiger partial charge in [-0.3, -0.25) is 4.79 Å². The molecule has 0 fully saturated rings. The van der Waals surface area contributed by atoms with Gasteiger partial charge in [-0.15, -0.1) is 0 Å². The first-order valence-electron chi connectivity index (χ1n) is 6.37. The van der Waals surface area contributed by atoms with Crippen LogP contribution < -0.4 is 0 Å². The Kier molecular flexibility index (Phi) is 5.75. The molecular weight excluding hydrogens is 212 g/mol. The summed E-state index contributed by atoms with van der Waals surface area (Å²) in [6, 6.07) is 10.2. The summed E-state index contributed by atoms with van der Waals surface area (Å²) in [4.78, 5) is 11.5. The molecule has 0 N–H and O–H groups in total. The van der Waals surface area contributed by atoms with Crippen LogP contribution in [0.5, 0.6) is 0 Å². The quantitative estimate of drug-likeness (QED) is 0.703. The van der Waals surface area contributed by atoms with Crippen molar-refractivity contribution in [2.75, 3.05) is 0 Å². The van der Waals surface area contributed by atoms with Crippen LogP contribution in [0.25, 0.3) is 0 Å². The van der Waals surface area contributed by atoms with Crippen molar-refractivity contribution < 1.29 is 9.53 Å². The number of carbonyl (C=O) groups is 1. The molecule has 94 valence electrons. The van der Waals surface area contributed by atoms with Crippen molar-refractivity contribution in [3.8, 4) is 0 Å². The second-order valence-corrected chi connectivity index (χ2v) is 4.71. The molecule has 0 aliphatic carbocycles. The van der Waals surface area contributed by atoms with E-state index < -0.39 is 0 Å². The fourth-order valence-electron chi connectivity index (χ4n) is 1.69. The number of ether oxygens (including phenoxy) is 1. The van der Waals surface area contributed by atoms with Gasteiger partial charge >= 0.3 is 5.97 Å². The van der Waals surface area contributed by atoms with Crippen LogP contribution in [0.1, 0.15) is 39.2 Å². The van der Waals surface area contributed by atoms with E-state index in [4.69, 9.17) is 4.74 Å². The van der Waals surface area contributed by atoms with Crippen molar-refractivity contribution in [1.82, 2.24) is 0 Å². The Labute approximate surface area is 104 Å². The third kappa shape index (κ3) is 5.03. The Hall–Kier alpha value is -1.31. The van der Waals surface area contributed by atoms with Gasteiger partial charge in [0.2, 0.25) is 0 Å². The van der Waals surface area contributed by atoms with Gasteiger partial charge in [0.05, 0.1) is 0 Å². The van der Waals surface area contributed by atoms with Crippen molar-refractivity contribution in [1.29, 1.82) is 0 Å². The molecule has 0 saturated carbocycles. The van der Waals surface area contributed by atoms with Crippen molar-refractivity contribution in [2.45, 2.75) is 46.1 Å². The topological polar surface area (TPSA) is 26.3 Å². The maximum Gasteiger partial charge on any atom is 0.306 e. The maximum absolute atomic E-state index is 11.5. The molecule has 1 rings (SSSR count). The highest BCUT2D eigenvalue weighted by Crippen LogP contribution is 2.14. The number of hydrogen-bond donors (Lipinski definition) is 0. The molecule has 2 heteroatoms. The lowest BCUT2D eigenvalue weighted by atomic mass is 9.99. The minimum atomic E-state index is -0.0814. The Morgan fingerprint density at radius 3 is 2.41 bits per heavy atom. The average Bonchev–Trinajstić information content (AvgIpc) is 2.29. The molecule has 1 aromatic rings. The minimum Gasteiger partial charge on any atom is -0.462 e. The van der Waals surface area contributed by atoms with Crippen LogP contribution in [0.2, 0.25) is 0 Å². The summed E-state index contributed by atoms with van der Waals surface area (Å²) < 4.78 is 5.52. The zero-order valence-corrected chi connectivity index (χ0v) is 11.0. The summed E-state index contributed by atoms with van der Waals surface area (Å²) in [5, 5.41) is 0. The van der Waals surface area contributed by atoms with E-state index in [9.17, 15) is 4.79 Å². The fraction of sp³-hybridized carbons (Fsp3) is 0.533. The molecule has 0 spiro atoms. The largest absolute Gasteiger partial charge is 0.462 e. The third-order valence-electron chi connectivity index (χ3n) is 2.76. The summed E-state index contributed by atoms with van der Waals surface area (Å²) >= 11 is 0. The van der Waals surface area contributed by atoms with Crippen LogP contribution in [-0.4, -0.2) is 12.1 Å². The predicted molar refractivity (Wildman–Crippen MR) is 69.8 cm³/mol. The summed E-state index contributed by atoms with van der Waals surface area (Å²) in [6.07, 6.45) is 2.14. The fourth-order valence-corrected chi connectivity index (χ4v) is 1.69. The van der Waals surface area contributed by atoms with Crippen LogP contribution in [-0.2, 0) is 16.0 Å². The van der Waals surface area contributed by atoms with Gasteiger partial charge in [-0.05, 0) is 17.9 Å². The van der Waals surface area contributed by atoms with Crippen molar-refractivity contribution in [2.24, 2.45) is 5.92 Å². The molecule has 0 radical (unpaired) electrons. The van der Waals surface area contributed by atoms with Crippen LogP contribution in [0.4, 0.5) is 0 Å². The molecule has 2 nitrogen and oxygen atoms in total. The minimum absolute atomic E-state index is 0.0172. The second kappa shape index (κ2) is 7.10. The normalized spacial score (nSPS) is 12.5. The van der Waals surface area contributed by atoms with E-state index in [-0.39, 0.29) is 12.1 Å². The summed E-state index contributed by atoms with van der Waals surface area (Å²) in [5.74, 6) is 0.262. The lowest BCUT2D eigenvalue weighted by Gasteiger charge is -2.21. The van der Waals surface area contributed by atoms with Gasteiger partial charge in [-0.2, -0.15) is 0 Å².